The second-order valence-electron chi connectivity index (χ2n) is 12.8. The molecule has 4 aliphatic carbocycles. The lowest BCUT2D eigenvalue weighted by Gasteiger charge is -2.18. The Morgan fingerprint density at radius 3 is 1.84 bits per heavy atom. The summed E-state index contributed by atoms with van der Waals surface area (Å²) < 4.78 is 0. The Labute approximate surface area is 222 Å². The summed E-state index contributed by atoms with van der Waals surface area (Å²) in [7, 11) is 0. The van der Waals surface area contributed by atoms with Crippen LogP contribution in [0.4, 0.5) is 0 Å². The highest BCUT2D eigenvalue weighted by Gasteiger charge is 2.48. The third-order valence-corrected chi connectivity index (χ3v) is 10.4. The summed E-state index contributed by atoms with van der Waals surface area (Å²) in [5.74, 6) is 4.04. The Hall–Kier alpha value is -3.22. The number of imidazole rings is 2. The highest BCUT2D eigenvalue weighted by molar-refractivity contribution is 5.79. The van der Waals surface area contributed by atoms with Gasteiger partial charge in [0, 0.05) is 34.6 Å². The maximum Gasteiger partial charge on any atom is 0.124 e. The van der Waals surface area contributed by atoms with Gasteiger partial charge in [0.25, 0.3) is 0 Å². The highest BCUT2D eigenvalue weighted by Crippen LogP contribution is 2.47. The number of rotatable bonds is 3. The molecule has 2 aromatic carbocycles. The maximum atomic E-state index is 5.17. The number of piperidine rings is 2. The summed E-state index contributed by atoms with van der Waals surface area (Å²) >= 11 is 0. The van der Waals surface area contributed by atoms with Crippen molar-refractivity contribution in [1.82, 2.24) is 30.6 Å². The van der Waals surface area contributed by atoms with Gasteiger partial charge in [-0.1, -0.05) is 30.3 Å². The van der Waals surface area contributed by atoms with Crippen LogP contribution in [-0.2, 0) is 25.7 Å². The van der Waals surface area contributed by atoms with E-state index >= 15 is 0 Å². The van der Waals surface area contributed by atoms with E-state index in [4.69, 9.17) is 9.97 Å². The average molecular weight is 501 g/mol. The quantitative estimate of drug-likeness (QED) is 0.313. The van der Waals surface area contributed by atoms with Gasteiger partial charge in [0.05, 0.1) is 23.5 Å². The van der Waals surface area contributed by atoms with Crippen LogP contribution in [0, 0.1) is 11.8 Å². The highest BCUT2D eigenvalue weighted by atomic mass is 15.1. The minimum atomic E-state index is 0.402. The van der Waals surface area contributed by atoms with E-state index in [9.17, 15) is 0 Å². The predicted octanol–water partition coefficient (Wildman–Crippen LogP) is 5.18. The van der Waals surface area contributed by atoms with Crippen LogP contribution in [0.5, 0.6) is 0 Å². The monoisotopic (exact) mass is 500 g/mol. The minimum absolute atomic E-state index is 0.402. The number of hydrogen-bond acceptors (Lipinski definition) is 4. The number of fused-ring (bicyclic) bond motifs is 8. The average Bonchev–Trinajstić information content (AvgIpc) is 3.54. The Morgan fingerprint density at radius 2 is 1.18 bits per heavy atom. The molecule has 4 aromatic rings. The van der Waals surface area contributed by atoms with Crippen LogP contribution in [-0.4, -0.2) is 32.0 Å². The fraction of sp³-hybridized carbons (Fsp3) is 0.438. The van der Waals surface area contributed by atoms with E-state index in [2.05, 4.69) is 57.0 Å². The first-order valence-electron chi connectivity index (χ1n) is 14.7. The third kappa shape index (κ3) is 3.02. The van der Waals surface area contributed by atoms with Gasteiger partial charge in [-0.2, -0.15) is 0 Å². The van der Waals surface area contributed by atoms with Crippen molar-refractivity contribution in [1.29, 1.82) is 0 Å². The van der Waals surface area contributed by atoms with E-state index in [1.807, 2.05) is 0 Å². The van der Waals surface area contributed by atoms with Gasteiger partial charge in [-0.25, -0.2) is 9.97 Å². The first-order chi connectivity index (χ1) is 18.7. The van der Waals surface area contributed by atoms with Gasteiger partial charge < -0.3 is 20.6 Å². The zero-order valence-corrected chi connectivity index (χ0v) is 21.5. The second-order valence-corrected chi connectivity index (χ2v) is 12.8. The van der Waals surface area contributed by atoms with Crippen molar-refractivity contribution in [2.24, 2.45) is 11.8 Å². The Balaban J connectivity index is 0.981. The van der Waals surface area contributed by atoms with Gasteiger partial charge in [-0.3, -0.25) is 0 Å². The fourth-order valence-electron chi connectivity index (χ4n) is 7.99. The second kappa shape index (κ2) is 7.25. The molecule has 2 aromatic heterocycles. The molecule has 6 nitrogen and oxygen atoms in total. The van der Waals surface area contributed by atoms with Crippen molar-refractivity contribution in [3.05, 3.63) is 70.6 Å². The topological polar surface area (TPSA) is 81.4 Å². The van der Waals surface area contributed by atoms with Crippen LogP contribution < -0.4 is 10.6 Å². The number of aryl methyl sites for hydroxylation is 4. The first kappa shape index (κ1) is 20.7. The molecule has 4 heterocycles. The number of H-pyrrole nitrogens is 2. The van der Waals surface area contributed by atoms with Crippen molar-refractivity contribution in [3.63, 3.8) is 0 Å². The lowest BCUT2D eigenvalue weighted by Crippen LogP contribution is -2.18. The van der Waals surface area contributed by atoms with E-state index in [1.165, 1.54) is 81.8 Å². The smallest absolute Gasteiger partial charge is 0.124 e. The number of nitrogens with one attached hydrogen (secondary N) is 4. The van der Waals surface area contributed by atoms with Crippen LogP contribution in [0.1, 0.15) is 71.9 Å². The van der Waals surface area contributed by atoms with E-state index in [0.29, 0.717) is 12.1 Å². The molecule has 0 unspecified atom stereocenters. The van der Waals surface area contributed by atoms with Crippen molar-refractivity contribution >= 4 is 0 Å². The summed E-state index contributed by atoms with van der Waals surface area (Å²) in [4.78, 5) is 17.7. The minimum Gasteiger partial charge on any atom is -0.344 e. The molecule has 2 saturated heterocycles. The Bertz CT molecular complexity index is 1620. The largest absolute Gasteiger partial charge is 0.344 e. The summed E-state index contributed by atoms with van der Waals surface area (Å²) in [5.41, 5.74) is 13.0. The van der Waals surface area contributed by atoms with E-state index in [1.54, 1.807) is 0 Å². The lowest BCUT2D eigenvalue weighted by atomic mass is 9.87. The van der Waals surface area contributed by atoms with Crippen LogP contribution in [0.2, 0.25) is 0 Å². The number of aromatic amines is 2. The molecule has 0 bridgehead atoms. The molecule has 6 aliphatic rings. The maximum absolute atomic E-state index is 5.17. The number of nitrogens with zero attached hydrogens (tertiary/aromatic N) is 2. The Kier molecular flexibility index (Phi) is 3.95. The molecule has 0 amide bonds. The van der Waals surface area contributed by atoms with E-state index in [-0.39, 0.29) is 0 Å². The summed E-state index contributed by atoms with van der Waals surface area (Å²) in [6, 6.07) is 16.3. The summed E-state index contributed by atoms with van der Waals surface area (Å²) in [5, 5.41) is 7.52. The summed E-state index contributed by atoms with van der Waals surface area (Å²) in [6.07, 6.45) is 9.42. The van der Waals surface area contributed by atoms with Gasteiger partial charge in [-0.05, 0) is 91.5 Å². The number of aromatic nitrogens is 4. The molecule has 0 spiro atoms. The molecule has 6 heteroatoms. The summed E-state index contributed by atoms with van der Waals surface area (Å²) in [6.45, 7) is 0. The van der Waals surface area contributed by atoms with E-state index in [0.717, 1.165) is 61.3 Å². The molecule has 4 N–H and O–H groups in total. The number of hydrogen-bond donors (Lipinski definition) is 4. The van der Waals surface area contributed by atoms with Crippen molar-refractivity contribution in [2.45, 2.75) is 75.5 Å². The molecule has 2 saturated carbocycles. The zero-order valence-electron chi connectivity index (χ0n) is 21.5. The molecule has 190 valence electrons. The van der Waals surface area contributed by atoms with Gasteiger partial charge in [0.1, 0.15) is 11.6 Å². The van der Waals surface area contributed by atoms with Gasteiger partial charge >= 0.3 is 0 Å². The molecule has 38 heavy (non-hydrogen) atoms. The van der Waals surface area contributed by atoms with Gasteiger partial charge in [-0.15, -0.1) is 0 Å². The van der Waals surface area contributed by atoms with E-state index < -0.39 is 0 Å². The molecule has 2 aliphatic heterocycles. The van der Waals surface area contributed by atoms with Crippen LogP contribution in [0.3, 0.4) is 0 Å². The Morgan fingerprint density at radius 1 is 0.579 bits per heavy atom. The van der Waals surface area contributed by atoms with Gasteiger partial charge in [0.2, 0.25) is 0 Å². The van der Waals surface area contributed by atoms with Crippen molar-refractivity contribution in [2.75, 3.05) is 0 Å². The van der Waals surface area contributed by atoms with Crippen molar-refractivity contribution in [3.8, 4) is 33.6 Å². The molecule has 10 rings (SSSR count). The SMILES string of the molecule is c1cc2c(cc1-c1ccc3c(c1)-c1nc([C@@H]4C[C@@H]5C[C@@H]5N4)[nH]c1CC3)CCc1[nH]c([C@@H]3C[C@@H]4C[C@@H]4N3)nc1-2. The molecule has 4 fully saturated rings. The molecule has 0 radical (unpaired) electrons. The third-order valence-electron chi connectivity index (χ3n) is 10.4. The normalized spacial score (nSPS) is 31.2. The van der Waals surface area contributed by atoms with Gasteiger partial charge in [0.15, 0.2) is 0 Å². The fourth-order valence-corrected chi connectivity index (χ4v) is 7.99. The standard InChI is InChI=1S/C32H32N6/c1-2-17(10-22-15(1)4-7-24-30(22)38-32(36-24)28-14-20-12-26(20)34-28)16-3-6-21-18(9-16)5-8-23-29(21)37-31(35-23)27-13-19-11-25(19)33-27/h1-3,6,9-10,19-20,25-28,33-34H,4-5,7-8,11-14H2,(H,35,37)(H,36,38)/t19-,20-,25-,26-,27-,28-/m0/s1. The molecular weight excluding hydrogens is 468 g/mol. The van der Waals surface area contributed by atoms with Crippen LogP contribution in [0.15, 0.2) is 36.4 Å². The first-order valence-corrected chi connectivity index (χ1v) is 14.7. The molecular formula is C32H32N6. The van der Waals surface area contributed by atoms with Crippen LogP contribution >= 0.6 is 0 Å². The molecule has 6 atom stereocenters. The van der Waals surface area contributed by atoms with Crippen LogP contribution in [0.25, 0.3) is 33.6 Å². The van der Waals surface area contributed by atoms with Crippen molar-refractivity contribution < 1.29 is 0 Å². The predicted molar refractivity (Wildman–Crippen MR) is 147 cm³/mol. The lowest BCUT2D eigenvalue weighted by molar-refractivity contribution is 0.542. The zero-order chi connectivity index (χ0) is 24.5. The number of benzene rings is 2.